The van der Waals surface area contributed by atoms with Crippen molar-refractivity contribution in [3.8, 4) is 11.3 Å². The Morgan fingerprint density at radius 2 is 1.96 bits per heavy atom. The topological polar surface area (TPSA) is 72.0 Å². The Labute approximate surface area is 149 Å². The lowest BCUT2D eigenvalue weighted by Crippen LogP contribution is -2.26. The largest absolute Gasteiger partial charge is 0.265 e. The first-order valence-corrected chi connectivity index (χ1v) is 9.92. The number of nitrogens with zero attached hydrogens (tertiary/aromatic N) is 2. The van der Waals surface area contributed by atoms with Gasteiger partial charge in [-0.3, -0.25) is 4.98 Å². The number of hydrogen-bond acceptors (Lipinski definition) is 5. The van der Waals surface area contributed by atoms with Crippen LogP contribution < -0.4 is 4.72 Å². The van der Waals surface area contributed by atoms with Crippen molar-refractivity contribution in [1.29, 1.82) is 0 Å². The molecule has 2 aromatic heterocycles. The molecule has 0 atom stereocenters. The van der Waals surface area contributed by atoms with Crippen LogP contribution in [0.1, 0.15) is 10.6 Å². The van der Waals surface area contributed by atoms with Crippen molar-refractivity contribution in [3.05, 3.63) is 64.5 Å². The maximum Gasteiger partial charge on any atom is 0.240 e. The van der Waals surface area contributed by atoms with E-state index in [1.165, 1.54) is 23.5 Å². The van der Waals surface area contributed by atoms with Gasteiger partial charge < -0.3 is 0 Å². The van der Waals surface area contributed by atoms with Gasteiger partial charge in [-0.2, -0.15) is 0 Å². The maximum absolute atomic E-state index is 13.1. The van der Waals surface area contributed by atoms with Crippen LogP contribution in [0.3, 0.4) is 0 Å². The smallest absolute Gasteiger partial charge is 0.240 e. The standard InChI is InChI=1S/C17H16FN3O2S2/c1-12-10-14(18)2-3-16(12)25(22,23)20-9-6-17-21-15(11-24-17)13-4-7-19-8-5-13/h2-5,7-8,10-11,20H,6,9H2,1H3. The van der Waals surface area contributed by atoms with E-state index in [4.69, 9.17) is 0 Å². The van der Waals surface area contributed by atoms with Crippen LogP contribution in [0.5, 0.6) is 0 Å². The summed E-state index contributed by atoms with van der Waals surface area (Å²) in [6.07, 6.45) is 3.89. The van der Waals surface area contributed by atoms with Crippen LogP contribution in [0.25, 0.3) is 11.3 Å². The van der Waals surface area contributed by atoms with Gasteiger partial charge in [0.25, 0.3) is 0 Å². The van der Waals surface area contributed by atoms with Crippen molar-refractivity contribution in [2.75, 3.05) is 6.54 Å². The van der Waals surface area contributed by atoms with Crippen molar-refractivity contribution in [2.24, 2.45) is 0 Å². The molecule has 1 aromatic carbocycles. The Balaban J connectivity index is 1.64. The Bertz CT molecular complexity index is 973. The second-order valence-corrected chi connectivity index (χ2v) is 8.10. The Kier molecular flexibility index (Phi) is 5.22. The SMILES string of the molecule is Cc1cc(F)ccc1S(=O)(=O)NCCc1nc(-c2ccncc2)cs1. The molecule has 130 valence electrons. The fourth-order valence-corrected chi connectivity index (χ4v) is 4.43. The molecule has 0 spiro atoms. The van der Waals surface area contributed by atoms with Crippen molar-refractivity contribution < 1.29 is 12.8 Å². The van der Waals surface area contributed by atoms with Gasteiger partial charge in [0.2, 0.25) is 10.0 Å². The summed E-state index contributed by atoms with van der Waals surface area (Å²) in [4.78, 5) is 8.57. The van der Waals surface area contributed by atoms with Crippen LogP contribution in [0, 0.1) is 12.7 Å². The van der Waals surface area contributed by atoms with Crippen LogP contribution in [0.15, 0.2) is 53.0 Å². The minimum atomic E-state index is -3.67. The van der Waals surface area contributed by atoms with Gasteiger partial charge in [-0.15, -0.1) is 11.3 Å². The lowest BCUT2D eigenvalue weighted by Gasteiger charge is -2.08. The molecule has 2 heterocycles. The number of sulfonamides is 1. The lowest BCUT2D eigenvalue weighted by molar-refractivity contribution is 0.579. The molecule has 5 nitrogen and oxygen atoms in total. The third kappa shape index (κ3) is 4.28. The number of thiazole rings is 1. The number of hydrogen-bond donors (Lipinski definition) is 1. The molecule has 0 bridgehead atoms. The predicted octanol–water partition coefficient (Wildman–Crippen LogP) is 3.17. The van der Waals surface area contributed by atoms with E-state index >= 15 is 0 Å². The molecule has 0 fully saturated rings. The first-order chi connectivity index (χ1) is 12.0. The van der Waals surface area contributed by atoms with E-state index in [0.717, 1.165) is 22.3 Å². The lowest BCUT2D eigenvalue weighted by atomic mass is 10.2. The molecule has 1 N–H and O–H groups in total. The molecule has 0 aliphatic heterocycles. The van der Waals surface area contributed by atoms with Crippen LogP contribution in [-0.4, -0.2) is 24.9 Å². The molecule has 0 aliphatic rings. The average molecular weight is 377 g/mol. The summed E-state index contributed by atoms with van der Waals surface area (Å²) in [6.45, 7) is 1.79. The number of aromatic nitrogens is 2. The van der Waals surface area contributed by atoms with E-state index in [1.807, 2.05) is 17.5 Å². The first kappa shape index (κ1) is 17.7. The molecule has 25 heavy (non-hydrogen) atoms. The fourth-order valence-electron chi connectivity index (χ4n) is 2.37. The third-order valence-electron chi connectivity index (χ3n) is 3.59. The van der Waals surface area contributed by atoms with Crippen molar-refractivity contribution in [3.63, 3.8) is 0 Å². The number of rotatable bonds is 6. The van der Waals surface area contributed by atoms with E-state index in [9.17, 15) is 12.8 Å². The molecule has 8 heteroatoms. The molecule has 0 radical (unpaired) electrons. The minimum Gasteiger partial charge on any atom is -0.265 e. The van der Waals surface area contributed by atoms with Gasteiger partial charge in [-0.25, -0.2) is 22.5 Å². The Morgan fingerprint density at radius 3 is 2.68 bits per heavy atom. The number of pyridine rings is 1. The summed E-state index contributed by atoms with van der Waals surface area (Å²) in [6, 6.07) is 7.37. The summed E-state index contributed by atoms with van der Waals surface area (Å²) in [5.74, 6) is -0.456. The molecular weight excluding hydrogens is 361 g/mol. The zero-order chi connectivity index (χ0) is 17.9. The zero-order valence-electron chi connectivity index (χ0n) is 13.4. The normalized spacial score (nSPS) is 11.6. The highest BCUT2D eigenvalue weighted by Gasteiger charge is 2.17. The summed E-state index contributed by atoms with van der Waals surface area (Å²) in [7, 11) is -3.67. The molecule has 0 unspecified atom stereocenters. The van der Waals surface area contributed by atoms with Gasteiger partial charge in [0, 0.05) is 36.3 Å². The van der Waals surface area contributed by atoms with E-state index in [0.29, 0.717) is 12.0 Å². The van der Waals surface area contributed by atoms with Gasteiger partial charge in [0.1, 0.15) is 5.82 Å². The second kappa shape index (κ2) is 7.38. The zero-order valence-corrected chi connectivity index (χ0v) is 15.1. The van der Waals surface area contributed by atoms with Gasteiger partial charge in [0.15, 0.2) is 0 Å². The molecule has 3 rings (SSSR count). The molecule has 0 aliphatic carbocycles. The van der Waals surface area contributed by atoms with Crippen LogP contribution in [0.2, 0.25) is 0 Å². The predicted molar refractivity (Wildman–Crippen MR) is 95.4 cm³/mol. The van der Waals surface area contributed by atoms with Gasteiger partial charge in [-0.1, -0.05) is 0 Å². The van der Waals surface area contributed by atoms with E-state index < -0.39 is 15.8 Å². The summed E-state index contributed by atoms with van der Waals surface area (Å²) < 4.78 is 40.3. The summed E-state index contributed by atoms with van der Waals surface area (Å²) in [5, 5.41) is 2.77. The van der Waals surface area contributed by atoms with Crippen LogP contribution in [0.4, 0.5) is 4.39 Å². The van der Waals surface area contributed by atoms with Gasteiger partial charge >= 0.3 is 0 Å². The van der Waals surface area contributed by atoms with Crippen molar-refractivity contribution in [1.82, 2.24) is 14.7 Å². The highest BCUT2D eigenvalue weighted by molar-refractivity contribution is 7.89. The van der Waals surface area contributed by atoms with E-state index in [1.54, 1.807) is 19.3 Å². The van der Waals surface area contributed by atoms with Gasteiger partial charge in [0.05, 0.1) is 15.6 Å². The quantitative estimate of drug-likeness (QED) is 0.716. The van der Waals surface area contributed by atoms with Crippen molar-refractivity contribution in [2.45, 2.75) is 18.2 Å². The minimum absolute atomic E-state index is 0.0884. The Hall–Kier alpha value is -2.16. The number of nitrogens with one attached hydrogen (secondary N) is 1. The molecule has 3 aromatic rings. The molecule has 0 amide bonds. The molecule has 0 saturated heterocycles. The van der Waals surface area contributed by atoms with E-state index in [2.05, 4.69) is 14.7 Å². The average Bonchev–Trinajstić information content (AvgIpc) is 3.04. The third-order valence-corrected chi connectivity index (χ3v) is 6.12. The monoisotopic (exact) mass is 377 g/mol. The second-order valence-electron chi connectivity index (χ2n) is 5.42. The fraction of sp³-hybridized carbons (Fsp3) is 0.176. The molecular formula is C17H16FN3O2S2. The van der Waals surface area contributed by atoms with Crippen LogP contribution in [-0.2, 0) is 16.4 Å². The maximum atomic E-state index is 13.1. The highest BCUT2D eigenvalue weighted by atomic mass is 32.2. The van der Waals surface area contributed by atoms with Crippen molar-refractivity contribution >= 4 is 21.4 Å². The summed E-state index contributed by atoms with van der Waals surface area (Å²) in [5.41, 5.74) is 2.20. The number of halogens is 1. The first-order valence-electron chi connectivity index (χ1n) is 7.56. The van der Waals surface area contributed by atoms with Gasteiger partial charge in [-0.05, 0) is 42.8 Å². The highest BCUT2D eigenvalue weighted by Crippen LogP contribution is 2.21. The van der Waals surface area contributed by atoms with E-state index in [-0.39, 0.29) is 11.4 Å². The molecule has 0 saturated carbocycles. The Morgan fingerprint density at radius 1 is 1.20 bits per heavy atom. The summed E-state index contributed by atoms with van der Waals surface area (Å²) >= 11 is 1.48. The number of aryl methyl sites for hydroxylation is 1. The van der Waals surface area contributed by atoms with Crippen LogP contribution >= 0.6 is 11.3 Å². The number of benzene rings is 1.